The van der Waals surface area contributed by atoms with Crippen LogP contribution in [0.2, 0.25) is 5.02 Å². The summed E-state index contributed by atoms with van der Waals surface area (Å²) in [4.78, 5) is 27.3. The Balaban J connectivity index is 2.13. The molecule has 2 aromatic rings. The zero-order valence-electron chi connectivity index (χ0n) is 19.2. The van der Waals surface area contributed by atoms with Crippen LogP contribution < -0.4 is 10.1 Å². The molecule has 1 N–H and O–H groups in total. The van der Waals surface area contributed by atoms with Gasteiger partial charge in [-0.1, -0.05) is 57.0 Å². The number of unbranched alkanes of at least 4 members (excludes halogenated alkanes) is 1. The molecular formula is C25H32BrClN2O3. The first-order valence-corrected chi connectivity index (χ1v) is 12.1. The summed E-state index contributed by atoms with van der Waals surface area (Å²) >= 11 is 9.51. The molecule has 32 heavy (non-hydrogen) atoms. The van der Waals surface area contributed by atoms with E-state index in [0.29, 0.717) is 23.2 Å². The lowest BCUT2D eigenvalue weighted by Crippen LogP contribution is -2.49. The van der Waals surface area contributed by atoms with Gasteiger partial charge in [0.1, 0.15) is 11.8 Å². The van der Waals surface area contributed by atoms with Crippen LogP contribution in [0.5, 0.6) is 5.75 Å². The highest BCUT2D eigenvalue weighted by molar-refractivity contribution is 9.10. The molecule has 0 aliphatic carbocycles. The molecule has 174 valence electrons. The molecule has 0 bridgehead atoms. The number of ether oxygens (including phenoxy) is 1. The van der Waals surface area contributed by atoms with Crippen molar-refractivity contribution in [2.24, 2.45) is 0 Å². The summed E-state index contributed by atoms with van der Waals surface area (Å²) in [5, 5.41) is 3.53. The maximum Gasteiger partial charge on any atom is 0.261 e. The van der Waals surface area contributed by atoms with Crippen LogP contribution in [0.1, 0.15) is 57.6 Å². The summed E-state index contributed by atoms with van der Waals surface area (Å²) in [6.45, 7) is 8.75. The standard InChI is InChI=1S/C25H32BrClN2O3/c1-5-6-13-28-25(31)18(4)29(15-19-7-10-21(27)11-8-19)24(30)16-32-23-12-9-20(17(2)3)14-22(23)26/h7-12,14,17-18H,5-6,13,15-16H2,1-4H3,(H,28,31)/t18-/m1/s1. The summed E-state index contributed by atoms with van der Waals surface area (Å²) < 4.78 is 6.61. The van der Waals surface area contributed by atoms with Crippen LogP contribution in [-0.4, -0.2) is 35.9 Å². The molecule has 0 radical (unpaired) electrons. The van der Waals surface area contributed by atoms with Crippen molar-refractivity contribution in [2.75, 3.05) is 13.2 Å². The molecule has 0 fully saturated rings. The number of carbonyl (C=O) groups excluding carboxylic acids is 2. The summed E-state index contributed by atoms with van der Waals surface area (Å²) in [5.74, 6) is 0.541. The lowest BCUT2D eigenvalue weighted by atomic mass is 10.0. The van der Waals surface area contributed by atoms with Gasteiger partial charge in [-0.2, -0.15) is 0 Å². The van der Waals surface area contributed by atoms with Crippen molar-refractivity contribution in [3.05, 3.63) is 63.1 Å². The third-order valence-corrected chi connectivity index (χ3v) is 6.11. The Hall–Kier alpha value is -2.05. The zero-order chi connectivity index (χ0) is 23.7. The fourth-order valence-corrected chi connectivity index (χ4v) is 3.76. The fourth-order valence-electron chi connectivity index (χ4n) is 3.12. The Morgan fingerprint density at radius 3 is 2.41 bits per heavy atom. The molecule has 5 nitrogen and oxygen atoms in total. The summed E-state index contributed by atoms with van der Waals surface area (Å²) in [5.41, 5.74) is 2.07. The average Bonchev–Trinajstić information content (AvgIpc) is 2.77. The van der Waals surface area contributed by atoms with Crippen molar-refractivity contribution >= 4 is 39.3 Å². The Bertz CT molecular complexity index is 903. The number of amides is 2. The highest BCUT2D eigenvalue weighted by Crippen LogP contribution is 2.29. The monoisotopic (exact) mass is 522 g/mol. The van der Waals surface area contributed by atoms with Crippen LogP contribution >= 0.6 is 27.5 Å². The second-order valence-corrected chi connectivity index (χ2v) is 9.39. The van der Waals surface area contributed by atoms with Crippen molar-refractivity contribution < 1.29 is 14.3 Å². The SMILES string of the molecule is CCCCNC(=O)[C@@H](C)N(Cc1ccc(Cl)cc1)C(=O)COc1ccc(C(C)C)cc1Br. The van der Waals surface area contributed by atoms with E-state index in [-0.39, 0.29) is 25.0 Å². The van der Waals surface area contributed by atoms with Gasteiger partial charge in [0.15, 0.2) is 6.61 Å². The lowest BCUT2D eigenvalue weighted by Gasteiger charge is -2.29. The van der Waals surface area contributed by atoms with Crippen LogP contribution in [0.15, 0.2) is 46.9 Å². The Kier molecular flexibility index (Phi) is 10.5. The minimum atomic E-state index is -0.634. The summed E-state index contributed by atoms with van der Waals surface area (Å²) in [6, 6.07) is 12.5. The van der Waals surface area contributed by atoms with E-state index in [2.05, 4.69) is 42.0 Å². The second kappa shape index (κ2) is 12.9. The molecule has 0 aromatic heterocycles. The molecule has 0 unspecified atom stereocenters. The minimum absolute atomic E-state index is 0.167. The van der Waals surface area contributed by atoms with Crippen molar-refractivity contribution in [1.82, 2.24) is 10.2 Å². The number of halogens is 2. The van der Waals surface area contributed by atoms with E-state index in [1.807, 2.05) is 30.3 Å². The van der Waals surface area contributed by atoms with Gasteiger partial charge in [0.05, 0.1) is 4.47 Å². The number of nitrogens with zero attached hydrogens (tertiary/aromatic N) is 1. The molecular weight excluding hydrogens is 492 g/mol. The van der Waals surface area contributed by atoms with E-state index in [0.717, 1.165) is 22.9 Å². The molecule has 2 rings (SSSR count). The number of hydrogen-bond donors (Lipinski definition) is 1. The molecule has 0 spiro atoms. The van der Waals surface area contributed by atoms with Gasteiger partial charge in [-0.05, 0) is 70.6 Å². The first-order chi connectivity index (χ1) is 15.2. The predicted octanol–water partition coefficient (Wildman–Crippen LogP) is 5.94. The molecule has 0 saturated heterocycles. The molecule has 0 saturated carbocycles. The first kappa shape index (κ1) is 26.2. The smallest absolute Gasteiger partial charge is 0.261 e. The highest BCUT2D eigenvalue weighted by atomic mass is 79.9. The molecule has 0 heterocycles. The van der Waals surface area contributed by atoms with Gasteiger partial charge in [0, 0.05) is 18.1 Å². The van der Waals surface area contributed by atoms with Gasteiger partial charge >= 0.3 is 0 Å². The van der Waals surface area contributed by atoms with Gasteiger partial charge in [-0.15, -0.1) is 0 Å². The number of nitrogens with one attached hydrogen (secondary N) is 1. The maximum absolute atomic E-state index is 13.1. The van der Waals surface area contributed by atoms with E-state index in [4.69, 9.17) is 16.3 Å². The zero-order valence-corrected chi connectivity index (χ0v) is 21.5. The molecule has 7 heteroatoms. The normalized spacial score (nSPS) is 11.8. The van der Waals surface area contributed by atoms with E-state index in [1.54, 1.807) is 24.0 Å². The third-order valence-electron chi connectivity index (χ3n) is 5.24. The van der Waals surface area contributed by atoms with Crippen molar-refractivity contribution in [3.8, 4) is 5.75 Å². The Morgan fingerprint density at radius 2 is 1.81 bits per heavy atom. The molecule has 2 amide bonds. The van der Waals surface area contributed by atoms with Crippen LogP contribution in [-0.2, 0) is 16.1 Å². The van der Waals surface area contributed by atoms with Gasteiger partial charge in [-0.3, -0.25) is 9.59 Å². The second-order valence-electron chi connectivity index (χ2n) is 8.10. The quantitative estimate of drug-likeness (QED) is 0.371. The summed E-state index contributed by atoms with van der Waals surface area (Å²) in [6.07, 6.45) is 1.88. The number of hydrogen-bond acceptors (Lipinski definition) is 3. The maximum atomic E-state index is 13.1. The number of carbonyl (C=O) groups is 2. The number of benzene rings is 2. The lowest BCUT2D eigenvalue weighted by molar-refractivity contribution is -0.142. The fraction of sp³-hybridized carbons (Fsp3) is 0.440. The predicted molar refractivity (Wildman–Crippen MR) is 133 cm³/mol. The molecule has 0 aliphatic rings. The van der Waals surface area contributed by atoms with Crippen LogP contribution in [0.4, 0.5) is 0 Å². The summed E-state index contributed by atoms with van der Waals surface area (Å²) in [7, 11) is 0. The Morgan fingerprint density at radius 1 is 1.12 bits per heavy atom. The van der Waals surface area contributed by atoms with Gasteiger partial charge < -0.3 is 15.0 Å². The van der Waals surface area contributed by atoms with E-state index in [9.17, 15) is 9.59 Å². The third kappa shape index (κ3) is 7.82. The average molecular weight is 524 g/mol. The first-order valence-electron chi connectivity index (χ1n) is 11.0. The number of rotatable bonds is 11. The topological polar surface area (TPSA) is 58.6 Å². The molecule has 0 aliphatic heterocycles. The van der Waals surface area contributed by atoms with Crippen molar-refractivity contribution in [3.63, 3.8) is 0 Å². The molecule has 2 aromatic carbocycles. The molecule has 1 atom stereocenters. The van der Waals surface area contributed by atoms with Gasteiger partial charge in [0.2, 0.25) is 5.91 Å². The Labute approximate surface area is 204 Å². The van der Waals surface area contributed by atoms with Crippen LogP contribution in [0, 0.1) is 0 Å². The highest BCUT2D eigenvalue weighted by Gasteiger charge is 2.26. The largest absolute Gasteiger partial charge is 0.483 e. The minimum Gasteiger partial charge on any atom is -0.483 e. The van der Waals surface area contributed by atoms with Crippen LogP contribution in [0.3, 0.4) is 0 Å². The van der Waals surface area contributed by atoms with Crippen molar-refractivity contribution in [2.45, 2.75) is 59.0 Å². The van der Waals surface area contributed by atoms with Gasteiger partial charge in [-0.25, -0.2) is 0 Å². The van der Waals surface area contributed by atoms with Gasteiger partial charge in [0.25, 0.3) is 5.91 Å². The van der Waals surface area contributed by atoms with E-state index >= 15 is 0 Å². The van der Waals surface area contributed by atoms with Crippen LogP contribution in [0.25, 0.3) is 0 Å². The van der Waals surface area contributed by atoms with E-state index in [1.165, 1.54) is 5.56 Å². The van der Waals surface area contributed by atoms with E-state index < -0.39 is 6.04 Å². The van der Waals surface area contributed by atoms with Crippen molar-refractivity contribution in [1.29, 1.82) is 0 Å².